The van der Waals surface area contributed by atoms with Gasteiger partial charge in [0.2, 0.25) is 0 Å². The molecule has 0 radical (unpaired) electrons. The third kappa shape index (κ3) is 5.97. The second kappa shape index (κ2) is 8.05. The van der Waals surface area contributed by atoms with Gasteiger partial charge in [-0.25, -0.2) is 0 Å². The van der Waals surface area contributed by atoms with E-state index in [1.807, 2.05) is 32.9 Å². The second-order valence-corrected chi connectivity index (χ2v) is 5.36. The summed E-state index contributed by atoms with van der Waals surface area (Å²) in [6, 6.07) is 7.16. The van der Waals surface area contributed by atoms with E-state index in [-0.39, 0.29) is 17.4 Å². The van der Waals surface area contributed by atoms with Gasteiger partial charge >= 0.3 is 0 Å². The van der Waals surface area contributed by atoms with E-state index in [4.69, 9.17) is 16.3 Å². The second-order valence-electron chi connectivity index (χ2n) is 4.74. The van der Waals surface area contributed by atoms with Crippen LogP contribution in [0.25, 0.3) is 0 Å². The van der Waals surface area contributed by atoms with Crippen LogP contribution in [0.15, 0.2) is 24.3 Å². The molecule has 1 amide bonds. The molecule has 1 aromatic rings. The van der Waals surface area contributed by atoms with E-state index in [0.717, 1.165) is 18.6 Å². The van der Waals surface area contributed by atoms with E-state index in [1.165, 1.54) is 0 Å². The van der Waals surface area contributed by atoms with Crippen molar-refractivity contribution >= 4 is 17.5 Å². The fraction of sp³-hybridized carbons (Fsp3) is 0.533. The lowest BCUT2D eigenvalue weighted by Crippen LogP contribution is -2.26. The van der Waals surface area contributed by atoms with Crippen molar-refractivity contribution in [3.8, 4) is 5.75 Å². The molecule has 4 heteroatoms. The van der Waals surface area contributed by atoms with Crippen molar-refractivity contribution in [1.29, 1.82) is 0 Å². The lowest BCUT2D eigenvalue weighted by atomic mass is 10.2. The van der Waals surface area contributed by atoms with Crippen LogP contribution in [-0.4, -0.2) is 23.9 Å². The Kier molecular flexibility index (Phi) is 6.71. The van der Waals surface area contributed by atoms with E-state index < -0.39 is 0 Å². The number of carbonyl (C=O) groups is 1. The molecular weight excluding hydrogens is 262 g/mol. The molecule has 3 nitrogen and oxygen atoms in total. The Hall–Kier alpha value is -1.22. The molecule has 1 aromatic carbocycles. The fourth-order valence-electron chi connectivity index (χ4n) is 1.61. The Balaban J connectivity index is 2.44. The zero-order valence-electron chi connectivity index (χ0n) is 11.8. The number of halogens is 1. The number of hydrogen-bond donors (Lipinski definition) is 1. The van der Waals surface area contributed by atoms with E-state index in [9.17, 15) is 4.79 Å². The summed E-state index contributed by atoms with van der Waals surface area (Å²) in [5.41, 5.74) is 0.638. The Morgan fingerprint density at radius 3 is 2.47 bits per heavy atom. The average molecular weight is 284 g/mol. The molecule has 1 N–H and O–H groups in total. The Morgan fingerprint density at radius 1 is 1.32 bits per heavy atom. The third-order valence-electron chi connectivity index (χ3n) is 2.67. The van der Waals surface area contributed by atoms with Gasteiger partial charge in [0.25, 0.3) is 5.91 Å². The molecule has 19 heavy (non-hydrogen) atoms. The normalized spacial score (nSPS) is 12.3. The minimum atomic E-state index is -0.0731. The molecule has 0 spiro atoms. The highest BCUT2D eigenvalue weighted by Gasteiger charge is 2.07. The van der Waals surface area contributed by atoms with Crippen LogP contribution in [0.2, 0.25) is 0 Å². The minimum absolute atomic E-state index is 0.0731. The number of amides is 1. The zero-order chi connectivity index (χ0) is 14.3. The maximum Gasteiger partial charge on any atom is 0.251 e. The number of ether oxygens (including phenoxy) is 1. The van der Waals surface area contributed by atoms with Gasteiger partial charge in [0.05, 0.1) is 6.10 Å². The summed E-state index contributed by atoms with van der Waals surface area (Å²) in [6.45, 7) is 6.58. The molecule has 0 saturated heterocycles. The van der Waals surface area contributed by atoms with Gasteiger partial charge in [0, 0.05) is 17.5 Å². The lowest BCUT2D eigenvalue weighted by molar-refractivity contribution is 0.0953. The zero-order valence-corrected chi connectivity index (χ0v) is 12.5. The predicted octanol–water partition coefficient (Wildman–Crippen LogP) is 3.61. The van der Waals surface area contributed by atoms with Crippen LogP contribution in [0, 0.1) is 0 Å². The van der Waals surface area contributed by atoms with Gasteiger partial charge in [-0.15, -0.1) is 11.6 Å². The summed E-state index contributed by atoms with van der Waals surface area (Å²) in [4.78, 5) is 11.9. The van der Waals surface area contributed by atoms with Crippen molar-refractivity contribution in [1.82, 2.24) is 5.32 Å². The van der Waals surface area contributed by atoms with Crippen molar-refractivity contribution in [3.63, 3.8) is 0 Å². The van der Waals surface area contributed by atoms with Gasteiger partial charge in [-0.1, -0.05) is 6.92 Å². The molecule has 0 fully saturated rings. The SMILES string of the molecule is CCC(Cl)CCNC(=O)c1ccc(OC(C)C)cc1. The predicted molar refractivity (Wildman–Crippen MR) is 79.1 cm³/mol. The van der Waals surface area contributed by atoms with Crippen LogP contribution in [0.5, 0.6) is 5.75 Å². The van der Waals surface area contributed by atoms with Gasteiger partial charge in [-0.3, -0.25) is 4.79 Å². The van der Waals surface area contributed by atoms with Gasteiger partial charge in [-0.2, -0.15) is 0 Å². The summed E-state index contributed by atoms with van der Waals surface area (Å²) in [6.07, 6.45) is 1.84. The molecule has 0 saturated carbocycles. The highest BCUT2D eigenvalue weighted by atomic mass is 35.5. The largest absolute Gasteiger partial charge is 0.491 e. The number of alkyl halides is 1. The molecule has 1 atom stereocenters. The van der Waals surface area contributed by atoms with Gasteiger partial charge in [0.15, 0.2) is 0 Å². The van der Waals surface area contributed by atoms with Crippen molar-refractivity contribution in [2.24, 2.45) is 0 Å². The first-order valence-corrected chi connectivity index (χ1v) is 7.15. The Morgan fingerprint density at radius 2 is 1.95 bits per heavy atom. The summed E-state index contributed by atoms with van der Waals surface area (Å²) in [7, 11) is 0. The van der Waals surface area contributed by atoms with Crippen molar-refractivity contribution in [2.75, 3.05) is 6.54 Å². The topological polar surface area (TPSA) is 38.3 Å². The maximum atomic E-state index is 11.9. The molecule has 1 unspecified atom stereocenters. The summed E-state index contributed by atoms with van der Waals surface area (Å²) in [5, 5.41) is 2.99. The first-order valence-electron chi connectivity index (χ1n) is 6.72. The summed E-state index contributed by atoms with van der Waals surface area (Å²) in [5.74, 6) is 0.703. The number of hydrogen-bond acceptors (Lipinski definition) is 2. The Bertz CT molecular complexity index is 390. The molecule has 0 aliphatic rings. The first kappa shape index (κ1) is 15.8. The molecular formula is C15H22ClNO2. The molecule has 0 aliphatic carbocycles. The molecule has 0 aliphatic heterocycles. The number of benzene rings is 1. The van der Waals surface area contributed by atoms with Gasteiger partial charge in [0.1, 0.15) is 5.75 Å². The van der Waals surface area contributed by atoms with Crippen molar-refractivity contribution in [3.05, 3.63) is 29.8 Å². The quantitative estimate of drug-likeness (QED) is 0.776. The summed E-state index contributed by atoms with van der Waals surface area (Å²) < 4.78 is 5.53. The highest BCUT2D eigenvalue weighted by molar-refractivity contribution is 6.20. The van der Waals surface area contributed by atoms with Crippen LogP contribution in [0.4, 0.5) is 0 Å². The van der Waals surface area contributed by atoms with Gasteiger partial charge in [-0.05, 0) is 51.0 Å². The molecule has 0 aromatic heterocycles. The van der Waals surface area contributed by atoms with Crippen LogP contribution >= 0.6 is 11.6 Å². The molecule has 0 bridgehead atoms. The third-order valence-corrected chi connectivity index (χ3v) is 3.20. The van der Waals surface area contributed by atoms with E-state index in [1.54, 1.807) is 12.1 Å². The average Bonchev–Trinajstić information content (AvgIpc) is 2.38. The first-order chi connectivity index (χ1) is 9.02. The smallest absolute Gasteiger partial charge is 0.251 e. The van der Waals surface area contributed by atoms with Gasteiger partial charge < -0.3 is 10.1 Å². The minimum Gasteiger partial charge on any atom is -0.491 e. The molecule has 0 heterocycles. The lowest BCUT2D eigenvalue weighted by Gasteiger charge is -2.11. The van der Waals surface area contributed by atoms with Crippen LogP contribution < -0.4 is 10.1 Å². The van der Waals surface area contributed by atoms with Crippen LogP contribution in [0.1, 0.15) is 44.0 Å². The van der Waals surface area contributed by atoms with Crippen molar-refractivity contribution < 1.29 is 9.53 Å². The van der Waals surface area contributed by atoms with E-state index in [2.05, 4.69) is 5.32 Å². The number of carbonyl (C=O) groups excluding carboxylic acids is 1. The molecule has 106 valence electrons. The number of rotatable bonds is 7. The highest BCUT2D eigenvalue weighted by Crippen LogP contribution is 2.13. The van der Waals surface area contributed by atoms with Crippen LogP contribution in [-0.2, 0) is 0 Å². The summed E-state index contributed by atoms with van der Waals surface area (Å²) >= 11 is 6.00. The van der Waals surface area contributed by atoms with Crippen LogP contribution in [0.3, 0.4) is 0 Å². The standard InChI is InChI=1S/C15H22ClNO2/c1-4-13(16)9-10-17-15(18)12-5-7-14(8-6-12)19-11(2)3/h5-8,11,13H,4,9-10H2,1-3H3,(H,17,18). The number of nitrogens with one attached hydrogen (secondary N) is 1. The molecule has 1 rings (SSSR count). The Labute approximate surface area is 120 Å². The van der Waals surface area contributed by atoms with E-state index in [0.29, 0.717) is 12.1 Å². The monoisotopic (exact) mass is 283 g/mol. The van der Waals surface area contributed by atoms with Crippen molar-refractivity contribution in [2.45, 2.75) is 45.1 Å². The van der Waals surface area contributed by atoms with E-state index >= 15 is 0 Å². The maximum absolute atomic E-state index is 11.9. The fourth-order valence-corrected chi connectivity index (χ4v) is 1.71.